The minimum Gasteiger partial charge on any atom is -0.465 e. The normalized spacial score (nSPS) is 10.6. The number of nitrogens with zero attached hydrogens (tertiary/aromatic N) is 3. The highest BCUT2D eigenvalue weighted by atomic mass is 32.1. The summed E-state index contributed by atoms with van der Waals surface area (Å²) in [7, 11) is 1.29. The maximum atomic E-state index is 13.1. The van der Waals surface area contributed by atoms with Crippen molar-refractivity contribution in [1.82, 2.24) is 14.7 Å². The van der Waals surface area contributed by atoms with Crippen molar-refractivity contribution in [3.63, 3.8) is 0 Å². The summed E-state index contributed by atoms with van der Waals surface area (Å²) in [4.78, 5) is 27.5. The van der Waals surface area contributed by atoms with Crippen LogP contribution in [0.25, 0.3) is 0 Å². The van der Waals surface area contributed by atoms with Crippen LogP contribution in [0.15, 0.2) is 36.5 Å². The van der Waals surface area contributed by atoms with Gasteiger partial charge in [-0.05, 0) is 56.2 Å². The number of hydrogen-bond donors (Lipinski definition) is 2. The lowest BCUT2D eigenvalue weighted by Crippen LogP contribution is -2.30. The average Bonchev–Trinajstić information content (AvgIpc) is 3.38. The molecule has 8 nitrogen and oxygen atoms in total. The second kappa shape index (κ2) is 11.2. The van der Waals surface area contributed by atoms with Crippen LogP contribution < -0.4 is 10.6 Å². The monoisotopic (exact) mass is 503 g/mol. The van der Waals surface area contributed by atoms with Gasteiger partial charge in [0.05, 0.1) is 24.1 Å². The summed E-state index contributed by atoms with van der Waals surface area (Å²) >= 11 is 6.57. The van der Waals surface area contributed by atoms with Crippen LogP contribution in [0, 0.1) is 12.7 Å². The third-order valence-corrected chi connectivity index (χ3v) is 6.55. The van der Waals surface area contributed by atoms with Gasteiger partial charge in [0, 0.05) is 25.4 Å². The molecule has 0 aliphatic carbocycles. The fourth-order valence-electron chi connectivity index (χ4n) is 3.35. The molecule has 0 unspecified atom stereocenters. The van der Waals surface area contributed by atoms with Crippen molar-refractivity contribution >= 4 is 51.4 Å². The maximum absolute atomic E-state index is 13.1. The van der Waals surface area contributed by atoms with Gasteiger partial charge in [0.25, 0.3) is 5.91 Å². The fraction of sp³-hybridized carbons (Fsp3) is 0.304. The van der Waals surface area contributed by atoms with Crippen molar-refractivity contribution in [1.29, 1.82) is 0 Å². The predicted molar refractivity (Wildman–Crippen MR) is 135 cm³/mol. The van der Waals surface area contributed by atoms with Crippen molar-refractivity contribution < 1.29 is 18.7 Å². The molecule has 0 atom stereocenters. The van der Waals surface area contributed by atoms with Crippen LogP contribution in [-0.4, -0.2) is 51.9 Å². The lowest BCUT2D eigenvalue weighted by molar-refractivity contribution is 0.0601. The number of aromatic nitrogens is 2. The van der Waals surface area contributed by atoms with Crippen LogP contribution in [0.3, 0.4) is 0 Å². The second-order valence-electron chi connectivity index (χ2n) is 7.33. The number of ether oxygens (including phenoxy) is 1. The highest BCUT2D eigenvalue weighted by Gasteiger charge is 2.27. The molecule has 0 spiro atoms. The van der Waals surface area contributed by atoms with Gasteiger partial charge in [0.1, 0.15) is 10.8 Å². The SMILES string of the molecule is CCN(CC)C(=O)c1sc(NC(=S)Nc2ccn(Cc3ccc(F)cc3)n2)c(C(=O)OC)c1C. The zero-order valence-electron chi connectivity index (χ0n) is 19.3. The molecule has 0 aliphatic rings. The highest BCUT2D eigenvalue weighted by molar-refractivity contribution is 7.80. The molecule has 180 valence electrons. The smallest absolute Gasteiger partial charge is 0.341 e. The van der Waals surface area contributed by atoms with Crippen LogP contribution in [0.4, 0.5) is 15.2 Å². The van der Waals surface area contributed by atoms with Gasteiger partial charge in [-0.3, -0.25) is 9.48 Å². The van der Waals surface area contributed by atoms with Crippen molar-refractivity contribution in [3.05, 3.63) is 63.9 Å². The van der Waals surface area contributed by atoms with E-state index in [0.717, 1.165) is 16.9 Å². The molecule has 2 N–H and O–H groups in total. The molecule has 2 aromatic heterocycles. The summed E-state index contributed by atoms with van der Waals surface area (Å²) in [6.07, 6.45) is 1.77. The minimum atomic E-state index is -0.554. The van der Waals surface area contributed by atoms with Gasteiger partial charge in [-0.25, -0.2) is 9.18 Å². The first kappa shape index (κ1) is 25.3. The molecular formula is C23H26FN5O3S2. The number of carbonyl (C=O) groups is 2. The number of halogens is 1. The second-order valence-corrected chi connectivity index (χ2v) is 8.76. The van der Waals surface area contributed by atoms with E-state index < -0.39 is 5.97 Å². The molecule has 3 aromatic rings. The Bertz CT molecular complexity index is 1190. The predicted octanol–water partition coefficient (Wildman–Crippen LogP) is 4.52. The van der Waals surface area contributed by atoms with Gasteiger partial charge >= 0.3 is 5.97 Å². The lowest BCUT2D eigenvalue weighted by Gasteiger charge is -2.17. The van der Waals surface area contributed by atoms with Gasteiger partial charge in [0.15, 0.2) is 10.9 Å². The molecule has 1 aromatic carbocycles. The molecule has 0 bridgehead atoms. The Labute approximate surface area is 206 Å². The van der Waals surface area contributed by atoms with E-state index in [1.165, 1.54) is 19.2 Å². The van der Waals surface area contributed by atoms with Crippen molar-refractivity contribution in [2.75, 3.05) is 30.8 Å². The number of methoxy groups -OCH3 is 1. The number of nitrogens with one attached hydrogen (secondary N) is 2. The number of thiocarbonyl (C=S) groups is 1. The van der Waals surface area contributed by atoms with Crippen LogP contribution in [0.2, 0.25) is 0 Å². The fourth-order valence-corrected chi connectivity index (χ4v) is 4.79. The van der Waals surface area contributed by atoms with E-state index in [2.05, 4.69) is 15.7 Å². The van der Waals surface area contributed by atoms with Crippen LogP contribution in [-0.2, 0) is 11.3 Å². The molecule has 11 heteroatoms. The number of hydrogen-bond acceptors (Lipinski definition) is 6. The van der Waals surface area contributed by atoms with Crippen LogP contribution in [0.1, 0.15) is 45.0 Å². The van der Waals surface area contributed by atoms with Crippen molar-refractivity contribution in [2.45, 2.75) is 27.3 Å². The number of amides is 1. The van der Waals surface area contributed by atoms with E-state index in [1.54, 1.807) is 40.9 Å². The third-order valence-electron chi connectivity index (χ3n) is 5.15. The Hall–Kier alpha value is -3.31. The average molecular weight is 504 g/mol. The molecule has 0 fully saturated rings. The van der Waals surface area contributed by atoms with Crippen LogP contribution >= 0.6 is 23.6 Å². The molecule has 0 radical (unpaired) electrons. The van der Waals surface area contributed by atoms with Gasteiger partial charge < -0.3 is 20.3 Å². The molecule has 3 rings (SSSR count). The highest BCUT2D eigenvalue weighted by Crippen LogP contribution is 2.34. The van der Waals surface area contributed by atoms with Gasteiger partial charge in [0.2, 0.25) is 0 Å². The zero-order valence-corrected chi connectivity index (χ0v) is 21.0. The van der Waals surface area contributed by atoms with E-state index in [9.17, 15) is 14.0 Å². The first-order valence-corrected chi connectivity index (χ1v) is 11.9. The van der Waals surface area contributed by atoms with E-state index >= 15 is 0 Å². The number of anilines is 2. The Morgan fingerprint density at radius 2 is 1.85 bits per heavy atom. The van der Waals surface area contributed by atoms with E-state index in [1.807, 2.05) is 13.8 Å². The number of benzene rings is 1. The molecule has 0 aliphatic heterocycles. The van der Waals surface area contributed by atoms with Crippen molar-refractivity contribution in [2.24, 2.45) is 0 Å². The first-order valence-electron chi connectivity index (χ1n) is 10.6. The Balaban J connectivity index is 1.75. The third kappa shape index (κ3) is 5.78. The molecule has 2 heterocycles. The number of carbonyl (C=O) groups excluding carboxylic acids is 2. The quantitative estimate of drug-likeness (QED) is 0.345. The first-order chi connectivity index (χ1) is 16.3. The topological polar surface area (TPSA) is 88.5 Å². The zero-order chi connectivity index (χ0) is 24.8. The molecule has 0 saturated carbocycles. The van der Waals surface area contributed by atoms with Gasteiger partial charge in [-0.15, -0.1) is 11.3 Å². The van der Waals surface area contributed by atoms with Gasteiger partial charge in [-0.1, -0.05) is 12.1 Å². The standard InChI is InChI=1S/C23H26FN5O3S2/c1-5-28(6-2)21(30)19-14(3)18(22(31)32-4)20(34-19)26-23(33)25-17-11-12-29(27-17)13-15-7-9-16(24)10-8-15/h7-12H,5-6,13H2,1-4H3,(H2,25,26,27,33). The Kier molecular flexibility index (Phi) is 8.35. The summed E-state index contributed by atoms with van der Waals surface area (Å²) in [5.74, 6) is -0.502. The van der Waals surface area contributed by atoms with E-state index in [-0.39, 0.29) is 22.4 Å². The maximum Gasteiger partial charge on any atom is 0.341 e. The molecular weight excluding hydrogens is 477 g/mol. The molecule has 0 saturated heterocycles. The van der Waals surface area contributed by atoms with Gasteiger partial charge in [-0.2, -0.15) is 5.10 Å². The number of esters is 1. The lowest BCUT2D eigenvalue weighted by atomic mass is 10.1. The Morgan fingerprint density at radius 1 is 1.18 bits per heavy atom. The molecule has 1 amide bonds. The summed E-state index contributed by atoms with van der Waals surface area (Å²) < 4.78 is 19.7. The summed E-state index contributed by atoms with van der Waals surface area (Å²) in [6.45, 7) is 7.11. The summed E-state index contributed by atoms with van der Waals surface area (Å²) in [6, 6.07) is 7.94. The number of thiophene rings is 1. The van der Waals surface area contributed by atoms with E-state index in [4.69, 9.17) is 17.0 Å². The van der Waals surface area contributed by atoms with Crippen LogP contribution in [0.5, 0.6) is 0 Å². The summed E-state index contributed by atoms with van der Waals surface area (Å²) in [5.41, 5.74) is 1.72. The minimum absolute atomic E-state index is 0.149. The Morgan fingerprint density at radius 3 is 2.47 bits per heavy atom. The number of rotatable bonds is 8. The largest absolute Gasteiger partial charge is 0.465 e. The molecule has 34 heavy (non-hydrogen) atoms. The van der Waals surface area contributed by atoms with Crippen molar-refractivity contribution in [3.8, 4) is 0 Å². The summed E-state index contributed by atoms with van der Waals surface area (Å²) in [5, 5.41) is 11.0. The van der Waals surface area contributed by atoms with E-state index in [0.29, 0.717) is 40.9 Å².